The topological polar surface area (TPSA) is 55.4 Å². The number of rotatable bonds is 5. The van der Waals surface area contributed by atoms with Crippen LogP contribution in [-0.4, -0.2) is 17.9 Å². The Balaban J connectivity index is 1.61. The van der Waals surface area contributed by atoms with Crippen molar-refractivity contribution in [3.8, 4) is 0 Å². The van der Waals surface area contributed by atoms with Gasteiger partial charge in [-0.25, -0.2) is 4.79 Å². The van der Waals surface area contributed by atoms with Crippen LogP contribution >= 0.6 is 0 Å². The number of carbonyl (C=O) groups is 2. The fourth-order valence-corrected chi connectivity index (χ4v) is 2.82. The van der Waals surface area contributed by atoms with Gasteiger partial charge < -0.3 is 10.1 Å². The molecule has 0 aliphatic rings. The number of carbonyl (C=O) groups excluding carboxylic acids is 2. The Morgan fingerprint density at radius 1 is 1.00 bits per heavy atom. The van der Waals surface area contributed by atoms with E-state index in [0.29, 0.717) is 5.56 Å². The molecular weight excluding hydrogens is 326 g/mol. The van der Waals surface area contributed by atoms with Crippen LogP contribution in [-0.2, 0) is 16.1 Å². The lowest BCUT2D eigenvalue weighted by Gasteiger charge is -2.14. The average Bonchev–Trinajstić information content (AvgIpc) is 2.66. The minimum absolute atomic E-state index is 0.171. The van der Waals surface area contributed by atoms with E-state index in [4.69, 9.17) is 4.74 Å². The van der Waals surface area contributed by atoms with Gasteiger partial charge in [0.05, 0.1) is 0 Å². The summed E-state index contributed by atoms with van der Waals surface area (Å²) >= 11 is 0. The van der Waals surface area contributed by atoms with Crippen LogP contribution in [0.25, 0.3) is 10.8 Å². The minimum Gasteiger partial charge on any atom is -0.459 e. The Labute approximate surface area is 152 Å². The molecule has 3 aromatic rings. The molecule has 1 atom stereocenters. The van der Waals surface area contributed by atoms with Gasteiger partial charge in [-0.05, 0) is 42.3 Å². The standard InChI is InChI=1S/C22H21NO3/c1-15-7-5-10-18(13-15)21(24)23-16(2)22(25)26-14-19-11-6-9-17-8-3-4-12-20(17)19/h3-13,16H,14H2,1-2H3,(H,23,24)/t16-/m0/s1. The third kappa shape index (κ3) is 4.09. The van der Waals surface area contributed by atoms with Crippen LogP contribution in [0.3, 0.4) is 0 Å². The van der Waals surface area contributed by atoms with Gasteiger partial charge in [0.1, 0.15) is 12.6 Å². The molecule has 0 radical (unpaired) electrons. The summed E-state index contributed by atoms with van der Waals surface area (Å²) in [5.41, 5.74) is 2.45. The van der Waals surface area contributed by atoms with Gasteiger partial charge in [-0.3, -0.25) is 4.79 Å². The lowest BCUT2D eigenvalue weighted by molar-refractivity contribution is -0.146. The predicted molar refractivity (Wildman–Crippen MR) is 102 cm³/mol. The lowest BCUT2D eigenvalue weighted by atomic mass is 10.1. The zero-order chi connectivity index (χ0) is 18.5. The first kappa shape index (κ1) is 17.7. The second-order valence-electron chi connectivity index (χ2n) is 6.31. The molecule has 1 amide bonds. The minimum atomic E-state index is -0.724. The van der Waals surface area contributed by atoms with E-state index >= 15 is 0 Å². The monoisotopic (exact) mass is 347 g/mol. The molecule has 3 rings (SSSR count). The van der Waals surface area contributed by atoms with Crippen molar-refractivity contribution in [3.63, 3.8) is 0 Å². The molecule has 4 heteroatoms. The molecule has 0 bridgehead atoms. The smallest absolute Gasteiger partial charge is 0.328 e. The van der Waals surface area contributed by atoms with Gasteiger partial charge in [0.25, 0.3) is 5.91 Å². The van der Waals surface area contributed by atoms with Crippen LogP contribution < -0.4 is 5.32 Å². The van der Waals surface area contributed by atoms with E-state index < -0.39 is 12.0 Å². The van der Waals surface area contributed by atoms with E-state index in [1.807, 2.05) is 61.5 Å². The fraction of sp³-hybridized carbons (Fsp3) is 0.182. The van der Waals surface area contributed by atoms with Crippen molar-refractivity contribution in [2.24, 2.45) is 0 Å². The Morgan fingerprint density at radius 3 is 2.54 bits per heavy atom. The Kier molecular flexibility index (Phi) is 5.32. The van der Waals surface area contributed by atoms with E-state index in [0.717, 1.165) is 21.9 Å². The molecule has 132 valence electrons. The summed E-state index contributed by atoms with van der Waals surface area (Å²) in [6, 6.07) is 20.3. The van der Waals surface area contributed by atoms with Gasteiger partial charge in [0, 0.05) is 5.56 Å². The molecule has 0 fully saturated rings. The molecule has 0 heterocycles. The summed E-state index contributed by atoms with van der Waals surface area (Å²) in [5, 5.41) is 4.84. The van der Waals surface area contributed by atoms with E-state index in [2.05, 4.69) is 5.32 Å². The van der Waals surface area contributed by atoms with Gasteiger partial charge in [-0.15, -0.1) is 0 Å². The average molecular weight is 347 g/mol. The van der Waals surface area contributed by atoms with Gasteiger partial charge in [0.15, 0.2) is 0 Å². The van der Waals surface area contributed by atoms with Crippen LogP contribution in [0, 0.1) is 6.92 Å². The molecule has 0 aliphatic heterocycles. The highest BCUT2D eigenvalue weighted by Crippen LogP contribution is 2.19. The first-order valence-corrected chi connectivity index (χ1v) is 8.55. The Bertz CT molecular complexity index is 944. The molecule has 1 N–H and O–H groups in total. The quantitative estimate of drug-likeness (QED) is 0.710. The van der Waals surface area contributed by atoms with E-state index in [-0.39, 0.29) is 12.5 Å². The first-order valence-electron chi connectivity index (χ1n) is 8.55. The largest absolute Gasteiger partial charge is 0.459 e. The van der Waals surface area contributed by atoms with Crippen LogP contribution in [0.1, 0.15) is 28.4 Å². The SMILES string of the molecule is Cc1cccc(C(=O)N[C@@H](C)C(=O)OCc2cccc3ccccc23)c1. The summed E-state index contributed by atoms with van der Waals surface area (Å²) in [4.78, 5) is 24.5. The highest BCUT2D eigenvalue weighted by Gasteiger charge is 2.18. The van der Waals surface area contributed by atoms with Crippen LogP contribution in [0.2, 0.25) is 0 Å². The number of hydrogen-bond donors (Lipinski definition) is 1. The number of ether oxygens (including phenoxy) is 1. The molecule has 4 nitrogen and oxygen atoms in total. The van der Waals surface area contributed by atoms with Crippen molar-refractivity contribution in [1.82, 2.24) is 5.32 Å². The van der Waals surface area contributed by atoms with E-state index in [9.17, 15) is 9.59 Å². The van der Waals surface area contributed by atoms with Crippen LogP contribution in [0.4, 0.5) is 0 Å². The number of nitrogens with one attached hydrogen (secondary N) is 1. The fourth-order valence-electron chi connectivity index (χ4n) is 2.82. The van der Waals surface area contributed by atoms with Crippen molar-refractivity contribution in [2.75, 3.05) is 0 Å². The molecule has 0 aromatic heterocycles. The molecule has 0 unspecified atom stereocenters. The maximum atomic E-state index is 12.2. The maximum absolute atomic E-state index is 12.2. The van der Waals surface area contributed by atoms with Crippen molar-refractivity contribution >= 4 is 22.6 Å². The summed E-state index contributed by atoms with van der Waals surface area (Å²) in [6.45, 7) is 3.71. The number of hydrogen-bond acceptors (Lipinski definition) is 3. The highest BCUT2D eigenvalue weighted by atomic mass is 16.5. The number of aryl methyl sites for hydroxylation is 1. The molecule has 26 heavy (non-hydrogen) atoms. The predicted octanol–water partition coefficient (Wildman–Crippen LogP) is 4.01. The molecular formula is C22H21NO3. The number of benzene rings is 3. The normalized spacial score (nSPS) is 11.8. The zero-order valence-corrected chi connectivity index (χ0v) is 14.9. The summed E-state index contributed by atoms with van der Waals surface area (Å²) < 4.78 is 5.40. The summed E-state index contributed by atoms with van der Waals surface area (Å²) in [5.74, 6) is -0.748. The van der Waals surface area contributed by atoms with Crippen molar-refractivity contribution < 1.29 is 14.3 Å². The molecule has 0 spiro atoms. The van der Waals surface area contributed by atoms with Gasteiger partial charge in [-0.2, -0.15) is 0 Å². The first-order chi connectivity index (χ1) is 12.5. The highest BCUT2D eigenvalue weighted by molar-refractivity contribution is 5.96. The molecule has 0 aliphatic carbocycles. The zero-order valence-electron chi connectivity index (χ0n) is 14.9. The second-order valence-corrected chi connectivity index (χ2v) is 6.31. The van der Waals surface area contributed by atoms with Gasteiger partial charge >= 0.3 is 5.97 Å². The third-order valence-electron chi connectivity index (χ3n) is 4.23. The maximum Gasteiger partial charge on any atom is 0.328 e. The van der Waals surface area contributed by atoms with Crippen molar-refractivity contribution in [1.29, 1.82) is 0 Å². The molecule has 0 saturated heterocycles. The van der Waals surface area contributed by atoms with Crippen LogP contribution in [0.5, 0.6) is 0 Å². The number of esters is 1. The number of fused-ring (bicyclic) bond motifs is 1. The van der Waals surface area contributed by atoms with Crippen molar-refractivity contribution in [3.05, 3.63) is 83.4 Å². The molecule has 3 aromatic carbocycles. The second kappa shape index (κ2) is 7.83. The van der Waals surface area contributed by atoms with Gasteiger partial charge in [-0.1, -0.05) is 60.2 Å². The Morgan fingerprint density at radius 2 is 1.73 bits per heavy atom. The molecule has 0 saturated carbocycles. The summed E-state index contributed by atoms with van der Waals surface area (Å²) in [6.07, 6.45) is 0. The summed E-state index contributed by atoms with van der Waals surface area (Å²) in [7, 11) is 0. The Hall–Kier alpha value is -3.14. The van der Waals surface area contributed by atoms with E-state index in [1.54, 1.807) is 19.1 Å². The van der Waals surface area contributed by atoms with Gasteiger partial charge in [0.2, 0.25) is 0 Å². The van der Waals surface area contributed by atoms with E-state index in [1.165, 1.54) is 0 Å². The third-order valence-corrected chi connectivity index (χ3v) is 4.23. The lowest BCUT2D eigenvalue weighted by Crippen LogP contribution is -2.39. The van der Waals surface area contributed by atoms with Crippen LogP contribution in [0.15, 0.2) is 66.7 Å². The number of amides is 1. The van der Waals surface area contributed by atoms with Crippen molar-refractivity contribution in [2.45, 2.75) is 26.5 Å².